The molecule has 0 aliphatic rings. The number of hydrogen-bond acceptors (Lipinski definition) is 5. The average Bonchev–Trinajstić information content (AvgIpc) is 2.47. The molecule has 0 aromatic heterocycles. The lowest BCUT2D eigenvalue weighted by Gasteiger charge is -2.30. The number of aliphatic carboxylic acids is 1. The monoisotopic (exact) mass is 312 g/mol. The lowest BCUT2D eigenvalue weighted by atomic mass is 10.2. The molecule has 1 rings (SSSR count). The number of rotatable bonds is 8. The molecule has 0 radical (unpaired) electrons. The molecule has 1 unspecified atom stereocenters. The molecule has 0 saturated heterocycles. The van der Waals surface area contributed by atoms with E-state index in [1.165, 1.54) is 10.0 Å². The van der Waals surface area contributed by atoms with E-state index in [4.69, 9.17) is 4.74 Å². The molecule has 1 atom stereocenters. The van der Waals surface area contributed by atoms with Crippen LogP contribution in [-0.2, 0) is 20.9 Å². The summed E-state index contributed by atoms with van der Waals surface area (Å²) in [6, 6.07) is 9.27. The standard InChI is InChI=1S/C14H20N2O4S/c1-15(2)16(13(17)10-21)8-12(14(18)19)20-9-11-6-4-3-5-7-11/h3-7,12,21H,8-10H2,1-2H3,(H,18,19). The molecule has 0 aliphatic heterocycles. The number of ether oxygens (including phenoxy) is 1. The molecule has 116 valence electrons. The molecule has 1 N–H and O–H groups in total. The molecular formula is C14H20N2O4S. The largest absolute Gasteiger partial charge is 0.479 e. The lowest BCUT2D eigenvalue weighted by molar-refractivity contribution is -0.160. The van der Waals surface area contributed by atoms with Crippen LogP contribution in [0.5, 0.6) is 0 Å². The Morgan fingerprint density at radius 1 is 1.29 bits per heavy atom. The molecule has 1 amide bonds. The number of carbonyl (C=O) groups excluding carboxylic acids is 1. The van der Waals surface area contributed by atoms with Gasteiger partial charge >= 0.3 is 5.97 Å². The second kappa shape index (κ2) is 8.66. The van der Waals surface area contributed by atoms with Gasteiger partial charge in [-0.3, -0.25) is 9.80 Å². The van der Waals surface area contributed by atoms with Crippen LogP contribution in [0.4, 0.5) is 0 Å². The fourth-order valence-electron chi connectivity index (χ4n) is 1.70. The van der Waals surface area contributed by atoms with Crippen LogP contribution in [0.1, 0.15) is 5.56 Å². The molecule has 0 heterocycles. The summed E-state index contributed by atoms with van der Waals surface area (Å²) in [6.07, 6.45) is -1.10. The first kappa shape index (κ1) is 17.5. The second-order valence-corrected chi connectivity index (χ2v) is 4.92. The van der Waals surface area contributed by atoms with Gasteiger partial charge in [-0.25, -0.2) is 9.80 Å². The minimum atomic E-state index is -1.11. The van der Waals surface area contributed by atoms with Gasteiger partial charge < -0.3 is 9.84 Å². The van der Waals surface area contributed by atoms with Crippen molar-refractivity contribution in [1.29, 1.82) is 0 Å². The van der Waals surface area contributed by atoms with Crippen molar-refractivity contribution >= 4 is 24.5 Å². The molecule has 7 heteroatoms. The zero-order chi connectivity index (χ0) is 15.8. The summed E-state index contributed by atoms with van der Waals surface area (Å²) in [5.41, 5.74) is 0.876. The van der Waals surface area contributed by atoms with Gasteiger partial charge in [0.25, 0.3) is 0 Å². The Kier molecular flexibility index (Phi) is 7.21. The normalized spacial score (nSPS) is 12.2. The molecule has 1 aromatic rings. The van der Waals surface area contributed by atoms with Crippen molar-refractivity contribution in [3.8, 4) is 0 Å². The van der Waals surface area contributed by atoms with Crippen LogP contribution in [0.25, 0.3) is 0 Å². The maximum absolute atomic E-state index is 11.7. The van der Waals surface area contributed by atoms with Gasteiger partial charge in [0.05, 0.1) is 18.9 Å². The Morgan fingerprint density at radius 2 is 1.90 bits per heavy atom. The van der Waals surface area contributed by atoms with E-state index in [9.17, 15) is 14.7 Å². The maximum Gasteiger partial charge on any atom is 0.334 e. The zero-order valence-corrected chi connectivity index (χ0v) is 13.0. The summed E-state index contributed by atoms with van der Waals surface area (Å²) in [4.78, 5) is 23.0. The van der Waals surface area contributed by atoms with Crippen LogP contribution in [0.2, 0.25) is 0 Å². The highest BCUT2D eigenvalue weighted by atomic mass is 32.1. The quantitative estimate of drug-likeness (QED) is 0.551. The van der Waals surface area contributed by atoms with Crippen molar-refractivity contribution in [2.75, 3.05) is 26.4 Å². The van der Waals surface area contributed by atoms with E-state index in [1.807, 2.05) is 30.3 Å². The number of hydrogen-bond donors (Lipinski definition) is 2. The van der Waals surface area contributed by atoms with E-state index in [2.05, 4.69) is 12.6 Å². The van der Waals surface area contributed by atoms with Gasteiger partial charge in [0, 0.05) is 14.1 Å². The highest BCUT2D eigenvalue weighted by molar-refractivity contribution is 7.81. The van der Waals surface area contributed by atoms with Crippen molar-refractivity contribution < 1.29 is 19.4 Å². The van der Waals surface area contributed by atoms with Crippen molar-refractivity contribution in [3.63, 3.8) is 0 Å². The molecule has 0 saturated carbocycles. The summed E-state index contributed by atoms with van der Waals surface area (Å²) < 4.78 is 5.42. The summed E-state index contributed by atoms with van der Waals surface area (Å²) in [7, 11) is 3.33. The van der Waals surface area contributed by atoms with Crippen molar-refractivity contribution in [2.24, 2.45) is 0 Å². The number of thiol groups is 1. The average molecular weight is 312 g/mol. The van der Waals surface area contributed by atoms with Gasteiger partial charge in [-0.05, 0) is 5.56 Å². The van der Waals surface area contributed by atoms with Gasteiger partial charge in [-0.2, -0.15) is 12.6 Å². The molecule has 0 aliphatic carbocycles. The predicted octanol–water partition coefficient (Wildman–Crippen LogP) is 0.891. The Balaban J connectivity index is 2.68. The number of amides is 1. The predicted molar refractivity (Wildman–Crippen MR) is 81.9 cm³/mol. The molecule has 1 aromatic carbocycles. The summed E-state index contributed by atoms with van der Waals surface area (Å²) in [6.45, 7) is 0.114. The number of benzene rings is 1. The van der Waals surface area contributed by atoms with E-state index < -0.39 is 12.1 Å². The van der Waals surface area contributed by atoms with E-state index in [0.29, 0.717) is 0 Å². The first-order valence-electron chi connectivity index (χ1n) is 6.42. The first-order valence-corrected chi connectivity index (χ1v) is 7.05. The highest BCUT2D eigenvalue weighted by Gasteiger charge is 2.25. The Hall–Kier alpha value is -1.57. The van der Waals surface area contributed by atoms with Crippen molar-refractivity contribution in [1.82, 2.24) is 10.0 Å². The van der Waals surface area contributed by atoms with Crippen molar-refractivity contribution in [3.05, 3.63) is 35.9 Å². The lowest BCUT2D eigenvalue weighted by Crippen LogP contribution is -2.49. The fourth-order valence-corrected chi connectivity index (χ4v) is 1.86. The van der Waals surface area contributed by atoms with Crippen LogP contribution in [0, 0.1) is 0 Å². The number of hydrazine groups is 1. The SMILES string of the molecule is CN(C)N(CC(OCc1ccccc1)C(=O)O)C(=O)CS. The fraction of sp³-hybridized carbons (Fsp3) is 0.429. The molecule has 0 bridgehead atoms. The van der Waals surface area contributed by atoms with Crippen LogP contribution >= 0.6 is 12.6 Å². The van der Waals surface area contributed by atoms with Gasteiger partial charge in [0.15, 0.2) is 6.10 Å². The van der Waals surface area contributed by atoms with Gasteiger partial charge in [-0.1, -0.05) is 30.3 Å². The Bertz CT molecular complexity index is 467. The van der Waals surface area contributed by atoms with Gasteiger partial charge in [0.2, 0.25) is 5.91 Å². The molecule has 0 spiro atoms. The van der Waals surface area contributed by atoms with E-state index in [1.54, 1.807) is 14.1 Å². The van der Waals surface area contributed by atoms with Crippen molar-refractivity contribution in [2.45, 2.75) is 12.7 Å². The van der Waals surface area contributed by atoms with Gasteiger partial charge in [-0.15, -0.1) is 0 Å². The third-order valence-electron chi connectivity index (χ3n) is 2.81. The van der Waals surface area contributed by atoms with E-state index in [0.717, 1.165) is 5.56 Å². The second-order valence-electron chi connectivity index (χ2n) is 4.60. The Morgan fingerprint density at radius 3 is 2.38 bits per heavy atom. The van der Waals surface area contributed by atoms with E-state index in [-0.39, 0.29) is 24.8 Å². The maximum atomic E-state index is 11.7. The number of carboxylic acids is 1. The minimum Gasteiger partial charge on any atom is -0.479 e. The van der Waals surface area contributed by atoms with Crippen LogP contribution in [0.3, 0.4) is 0 Å². The molecule has 6 nitrogen and oxygen atoms in total. The third-order valence-corrected chi connectivity index (χ3v) is 3.08. The summed E-state index contributed by atoms with van der Waals surface area (Å²) >= 11 is 3.93. The Labute approximate surface area is 129 Å². The number of carbonyl (C=O) groups is 2. The number of carboxylic acid groups (broad SMARTS) is 1. The zero-order valence-electron chi connectivity index (χ0n) is 12.1. The third kappa shape index (κ3) is 5.74. The molecule has 21 heavy (non-hydrogen) atoms. The highest BCUT2D eigenvalue weighted by Crippen LogP contribution is 2.07. The van der Waals surface area contributed by atoms with Crippen LogP contribution in [-0.4, -0.2) is 59.5 Å². The van der Waals surface area contributed by atoms with Crippen LogP contribution in [0.15, 0.2) is 30.3 Å². The molecule has 0 fully saturated rings. The summed E-state index contributed by atoms with van der Waals surface area (Å²) in [5.74, 6) is -1.38. The van der Waals surface area contributed by atoms with E-state index >= 15 is 0 Å². The first-order chi connectivity index (χ1) is 9.95. The smallest absolute Gasteiger partial charge is 0.334 e. The topological polar surface area (TPSA) is 70.1 Å². The number of nitrogens with zero attached hydrogens (tertiary/aromatic N) is 2. The van der Waals surface area contributed by atoms with Crippen LogP contribution < -0.4 is 0 Å². The summed E-state index contributed by atoms with van der Waals surface area (Å²) in [5, 5.41) is 12.1. The van der Waals surface area contributed by atoms with Gasteiger partial charge in [0.1, 0.15) is 0 Å². The minimum absolute atomic E-state index is 0.00318. The molecular weight excluding hydrogens is 292 g/mol.